The van der Waals surface area contributed by atoms with Crippen LogP contribution in [-0.2, 0) is 15.1 Å². The second-order valence-electron chi connectivity index (χ2n) is 3.88. The molecule has 1 aliphatic rings. The lowest BCUT2D eigenvalue weighted by atomic mass is 9.88. The zero-order valence-corrected chi connectivity index (χ0v) is 9.19. The summed E-state index contributed by atoms with van der Waals surface area (Å²) in [6.07, 6.45) is 1.73. The maximum absolute atomic E-state index is 11.5. The van der Waals surface area contributed by atoms with E-state index < -0.39 is 0 Å². The van der Waals surface area contributed by atoms with Crippen LogP contribution in [0.3, 0.4) is 0 Å². The Morgan fingerprint density at radius 1 is 1.62 bits per heavy atom. The lowest BCUT2D eigenvalue weighted by Crippen LogP contribution is -2.67. The maximum Gasteiger partial charge on any atom is 0.246 e. The Labute approximate surface area is 94.2 Å². The summed E-state index contributed by atoms with van der Waals surface area (Å²) in [5.74, 6) is -0.116. The predicted molar refractivity (Wildman–Crippen MR) is 58.8 cm³/mol. The third-order valence-corrected chi connectivity index (χ3v) is 2.66. The first-order valence-electron chi connectivity index (χ1n) is 5.19. The third-order valence-electron chi connectivity index (χ3n) is 2.66. The van der Waals surface area contributed by atoms with E-state index in [0.717, 1.165) is 5.69 Å². The van der Waals surface area contributed by atoms with Gasteiger partial charge in [-0.15, -0.1) is 0 Å². The highest BCUT2D eigenvalue weighted by atomic mass is 16.5. The van der Waals surface area contributed by atoms with Gasteiger partial charge >= 0.3 is 0 Å². The van der Waals surface area contributed by atoms with Crippen LogP contribution in [0.15, 0.2) is 24.4 Å². The van der Waals surface area contributed by atoms with Crippen LogP contribution in [0.1, 0.15) is 5.69 Å². The van der Waals surface area contributed by atoms with Crippen LogP contribution >= 0.6 is 0 Å². The number of aromatic nitrogens is 1. The van der Waals surface area contributed by atoms with Crippen LogP contribution in [0.5, 0.6) is 0 Å². The highest BCUT2D eigenvalue weighted by Crippen LogP contribution is 2.23. The molecule has 1 aliphatic heterocycles. The van der Waals surface area contributed by atoms with Gasteiger partial charge in [-0.25, -0.2) is 0 Å². The number of carbonyl (C=O) groups excluding carboxylic acids is 1. The highest BCUT2D eigenvalue weighted by molar-refractivity contribution is 5.78. The van der Waals surface area contributed by atoms with Crippen molar-refractivity contribution in [2.45, 2.75) is 5.54 Å². The van der Waals surface area contributed by atoms with E-state index in [4.69, 9.17) is 4.74 Å². The average molecular weight is 221 g/mol. The minimum absolute atomic E-state index is 0.0780. The summed E-state index contributed by atoms with van der Waals surface area (Å²) in [6, 6.07) is 5.71. The Bertz CT molecular complexity index is 363. The van der Waals surface area contributed by atoms with Gasteiger partial charge in [0.2, 0.25) is 5.91 Å². The quantitative estimate of drug-likeness (QED) is 0.729. The highest BCUT2D eigenvalue weighted by Gasteiger charge is 2.41. The van der Waals surface area contributed by atoms with Crippen LogP contribution in [0, 0.1) is 0 Å². The third kappa shape index (κ3) is 2.05. The second-order valence-corrected chi connectivity index (χ2v) is 3.88. The number of nitrogens with one attached hydrogen (secondary N) is 2. The predicted octanol–water partition coefficient (Wildman–Crippen LogP) is -0.357. The van der Waals surface area contributed by atoms with Crippen LogP contribution in [0.4, 0.5) is 0 Å². The molecule has 0 spiro atoms. The molecule has 5 heteroatoms. The van der Waals surface area contributed by atoms with Crippen molar-refractivity contribution in [1.82, 2.24) is 15.6 Å². The topological polar surface area (TPSA) is 63.2 Å². The van der Waals surface area contributed by atoms with Crippen LogP contribution in [-0.4, -0.2) is 37.7 Å². The molecule has 1 aromatic rings. The zero-order chi connectivity index (χ0) is 11.4. The lowest BCUT2D eigenvalue weighted by Gasteiger charge is -2.42. The lowest BCUT2D eigenvalue weighted by molar-refractivity contribution is -0.127. The first kappa shape index (κ1) is 11.0. The first-order valence-corrected chi connectivity index (χ1v) is 5.19. The Hall–Kier alpha value is -1.46. The molecule has 0 aliphatic carbocycles. The fourth-order valence-corrected chi connectivity index (χ4v) is 1.79. The number of pyridine rings is 1. The Kier molecular flexibility index (Phi) is 3.17. The Morgan fingerprint density at radius 3 is 2.94 bits per heavy atom. The van der Waals surface area contributed by atoms with Gasteiger partial charge < -0.3 is 15.4 Å². The number of nitrogens with zero attached hydrogens (tertiary/aromatic N) is 1. The van der Waals surface area contributed by atoms with Crippen LogP contribution in [0.25, 0.3) is 0 Å². The van der Waals surface area contributed by atoms with E-state index in [1.807, 2.05) is 18.2 Å². The van der Waals surface area contributed by atoms with Crippen molar-refractivity contribution >= 4 is 5.91 Å². The molecule has 2 N–H and O–H groups in total. The minimum Gasteiger partial charge on any atom is -0.375 e. The summed E-state index contributed by atoms with van der Waals surface area (Å²) in [5.41, 5.74) is 0.523. The molecular weight excluding hydrogens is 206 g/mol. The van der Waals surface area contributed by atoms with Crippen molar-refractivity contribution < 1.29 is 9.53 Å². The molecule has 0 atom stereocenters. The number of hydrogen-bond donors (Lipinski definition) is 2. The molecule has 5 nitrogen and oxygen atoms in total. The number of hydrogen-bond acceptors (Lipinski definition) is 4. The van der Waals surface area contributed by atoms with Crippen LogP contribution < -0.4 is 10.6 Å². The molecule has 1 saturated heterocycles. The molecule has 0 unspecified atom stereocenters. The van der Waals surface area contributed by atoms with Gasteiger partial charge in [-0.05, 0) is 12.1 Å². The fraction of sp³-hybridized carbons (Fsp3) is 0.455. The van der Waals surface area contributed by atoms with Gasteiger partial charge in [-0.2, -0.15) is 0 Å². The van der Waals surface area contributed by atoms with Crippen LogP contribution in [0.2, 0.25) is 0 Å². The molecule has 0 bridgehead atoms. The standard InChI is InChI=1S/C11H15N3O2/c1-16-6-10(15)14-11(7-12-8-11)9-4-2-3-5-13-9/h2-5,12H,6-8H2,1H3,(H,14,15). The van der Waals surface area contributed by atoms with Gasteiger partial charge in [0.25, 0.3) is 0 Å². The van der Waals surface area contributed by atoms with Crippen molar-refractivity contribution in [2.24, 2.45) is 0 Å². The second kappa shape index (κ2) is 4.59. The van der Waals surface area contributed by atoms with E-state index in [1.165, 1.54) is 7.11 Å². The van der Waals surface area contributed by atoms with E-state index in [2.05, 4.69) is 15.6 Å². The van der Waals surface area contributed by atoms with Gasteiger partial charge in [0, 0.05) is 26.4 Å². The summed E-state index contributed by atoms with van der Waals surface area (Å²) in [4.78, 5) is 15.8. The van der Waals surface area contributed by atoms with Crippen molar-refractivity contribution in [2.75, 3.05) is 26.8 Å². The van der Waals surface area contributed by atoms with Crippen molar-refractivity contribution in [1.29, 1.82) is 0 Å². The van der Waals surface area contributed by atoms with E-state index in [1.54, 1.807) is 6.20 Å². The largest absolute Gasteiger partial charge is 0.375 e. The number of ether oxygens (including phenoxy) is 1. The van der Waals surface area contributed by atoms with E-state index in [9.17, 15) is 4.79 Å². The SMILES string of the molecule is COCC(=O)NC1(c2ccccn2)CNC1. The number of carbonyl (C=O) groups is 1. The smallest absolute Gasteiger partial charge is 0.246 e. The van der Waals surface area contributed by atoms with Gasteiger partial charge in [0.05, 0.1) is 5.69 Å². The molecule has 1 amide bonds. The molecule has 86 valence electrons. The first-order chi connectivity index (χ1) is 7.77. The molecular formula is C11H15N3O2. The summed E-state index contributed by atoms with van der Waals surface area (Å²) >= 11 is 0. The average Bonchev–Trinajstić information content (AvgIpc) is 2.25. The van der Waals surface area contributed by atoms with Crippen molar-refractivity contribution in [3.63, 3.8) is 0 Å². The zero-order valence-electron chi connectivity index (χ0n) is 9.19. The number of amides is 1. The number of methoxy groups -OCH3 is 1. The normalized spacial score (nSPS) is 17.6. The van der Waals surface area contributed by atoms with E-state index in [0.29, 0.717) is 13.1 Å². The molecule has 1 fully saturated rings. The monoisotopic (exact) mass is 221 g/mol. The van der Waals surface area contributed by atoms with Gasteiger partial charge in [0.15, 0.2) is 0 Å². The summed E-state index contributed by atoms with van der Waals surface area (Å²) in [6.45, 7) is 1.49. The molecule has 2 rings (SSSR count). The van der Waals surface area contributed by atoms with Crippen molar-refractivity contribution in [3.8, 4) is 0 Å². The minimum atomic E-state index is -0.364. The maximum atomic E-state index is 11.5. The molecule has 0 aromatic carbocycles. The van der Waals surface area contributed by atoms with Gasteiger partial charge in [-0.3, -0.25) is 9.78 Å². The summed E-state index contributed by atoms with van der Waals surface area (Å²) in [7, 11) is 1.51. The summed E-state index contributed by atoms with van der Waals surface area (Å²) < 4.78 is 4.80. The molecule has 0 saturated carbocycles. The summed E-state index contributed by atoms with van der Waals surface area (Å²) in [5, 5.41) is 6.11. The van der Waals surface area contributed by atoms with Gasteiger partial charge in [-0.1, -0.05) is 6.07 Å². The molecule has 2 heterocycles. The van der Waals surface area contributed by atoms with Crippen molar-refractivity contribution in [3.05, 3.63) is 30.1 Å². The fourth-order valence-electron chi connectivity index (χ4n) is 1.79. The molecule has 16 heavy (non-hydrogen) atoms. The van der Waals surface area contributed by atoms with E-state index >= 15 is 0 Å². The van der Waals surface area contributed by atoms with E-state index in [-0.39, 0.29) is 18.1 Å². The number of rotatable bonds is 4. The Morgan fingerprint density at radius 2 is 2.44 bits per heavy atom. The molecule has 0 radical (unpaired) electrons. The van der Waals surface area contributed by atoms with Gasteiger partial charge in [0.1, 0.15) is 12.1 Å². The molecule has 1 aromatic heterocycles. The Balaban J connectivity index is 2.11.